The van der Waals surface area contributed by atoms with E-state index in [1.165, 1.54) is 24.0 Å². The minimum atomic E-state index is -1.77. The van der Waals surface area contributed by atoms with Crippen LogP contribution in [0.5, 0.6) is 5.75 Å². The molecule has 0 radical (unpaired) electrons. The molecule has 5 heterocycles. The first-order chi connectivity index (χ1) is 36.2. The fourth-order valence-corrected chi connectivity index (χ4v) is 10.3. The monoisotopic (exact) mass is 1080 g/mol. The molecular weight excluding hydrogens is 1010 g/mol. The number of aromatic nitrogens is 1. The molecule has 2 bridgehead atoms. The van der Waals surface area contributed by atoms with Crippen molar-refractivity contribution in [3.05, 3.63) is 35.9 Å². The van der Waals surface area contributed by atoms with E-state index in [0.717, 1.165) is 29.5 Å². The zero-order valence-corrected chi connectivity index (χ0v) is 43.2. The summed E-state index contributed by atoms with van der Waals surface area (Å²) in [7, 11) is 0. The molecule has 4 aliphatic rings. The second-order valence-corrected chi connectivity index (χ2v) is 20.4. The van der Waals surface area contributed by atoms with Gasteiger partial charge in [-0.3, -0.25) is 57.6 Å². The maximum atomic E-state index is 14.7. The number of carbonyl (C=O) groups is 11. The number of H-pyrrole nitrogens is 1. The third-order valence-electron chi connectivity index (χ3n) is 13.8. The Kier molecular flexibility index (Phi) is 20.4. The lowest BCUT2D eigenvalue weighted by Gasteiger charge is -2.32. The van der Waals surface area contributed by atoms with Crippen LogP contribution < -0.4 is 47.7 Å². The summed E-state index contributed by atoms with van der Waals surface area (Å²) in [5, 5.41) is 50.3. The number of unbranched alkanes of at least 4 members (excludes halogenated alkanes) is 3. The molecule has 11 amide bonds. The highest BCUT2D eigenvalue weighted by Gasteiger charge is 2.45. The minimum Gasteiger partial charge on any atom is -0.494 e. The lowest BCUT2D eigenvalue weighted by molar-refractivity contribution is -0.144. The van der Waals surface area contributed by atoms with E-state index in [2.05, 4.69) is 42.2 Å². The molecule has 1 fully saturated rings. The van der Waals surface area contributed by atoms with E-state index in [4.69, 9.17) is 10.5 Å². The van der Waals surface area contributed by atoms with Crippen LogP contribution >= 0.6 is 11.8 Å². The summed E-state index contributed by atoms with van der Waals surface area (Å²) in [5.41, 5.74) is 6.39. The van der Waals surface area contributed by atoms with Gasteiger partial charge in [-0.25, -0.2) is 0 Å². The van der Waals surface area contributed by atoms with Crippen LogP contribution in [0.1, 0.15) is 71.3 Å². The first kappa shape index (κ1) is 58.2. The molecule has 1 saturated heterocycles. The molecule has 0 unspecified atom stereocenters. The van der Waals surface area contributed by atoms with Crippen LogP contribution in [-0.2, 0) is 59.2 Å². The normalized spacial score (nSPS) is 25.8. The number of nitrogens with zero attached hydrogens (tertiary/aromatic N) is 2. The summed E-state index contributed by atoms with van der Waals surface area (Å²) in [6.07, 6.45) is 1.09. The molecule has 76 heavy (non-hydrogen) atoms. The fraction of sp³-hybridized carbons (Fsp3) is 0.571. The van der Waals surface area contributed by atoms with E-state index < -0.39 is 146 Å². The Morgan fingerprint density at radius 3 is 2.18 bits per heavy atom. The number of nitrogens with one attached hydrogen (secondary N) is 8. The number of aliphatic hydroxyl groups is 3. The van der Waals surface area contributed by atoms with Crippen LogP contribution in [0.2, 0.25) is 0 Å². The number of nitrogens with two attached hydrogens (primary N) is 1. The van der Waals surface area contributed by atoms with Crippen molar-refractivity contribution < 1.29 is 72.8 Å². The second kappa shape index (κ2) is 26.6. The lowest BCUT2D eigenvalue weighted by Crippen LogP contribution is -2.62. The lowest BCUT2D eigenvalue weighted by atomic mass is 9.93. The van der Waals surface area contributed by atoms with E-state index in [0.29, 0.717) is 59.7 Å². The predicted octanol–water partition coefficient (Wildman–Crippen LogP) is -3.78. The average Bonchev–Trinajstić information content (AvgIpc) is 4.06. The van der Waals surface area contributed by atoms with Gasteiger partial charge in [0, 0.05) is 61.2 Å². The molecule has 0 saturated carbocycles. The van der Waals surface area contributed by atoms with E-state index >= 15 is 0 Å². The number of hydrogen-bond acceptors (Lipinski definition) is 16. The molecule has 0 aliphatic carbocycles. The predicted molar refractivity (Wildman–Crippen MR) is 270 cm³/mol. The number of aliphatic hydroxyl groups excluding tert-OH is 3. The second-order valence-electron chi connectivity index (χ2n) is 19.3. The molecule has 13 N–H and O–H groups in total. The quantitative estimate of drug-likeness (QED) is 0.0602. The Morgan fingerprint density at radius 1 is 0.816 bits per heavy atom. The first-order valence-electron chi connectivity index (χ1n) is 25.2. The maximum absolute atomic E-state index is 14.7. The van der Waals surface area contributed by atoms with Crippen molar-refractivity contribution in [1.29, 1.82) is 0 Å². The van der Waals surface area contributed by atoms with Gasteiger partial charge in [0.2, 0.25) is 53.2 Å². The fourth-order valence-electron chi connectivity index (χ4n) is 9.21. The average molecular weight is 1080 g/mol. The SMILES string of the molecule is CC[C@H](C)[C@@H]1NC(=O)CNC(=O)[C@@H]2Cc3c([nH]c4cc(OCCCCCCN5C(=O)C=CC5=O)ccc34)SC[C@H](NC(=O)CNC1=O)C(=O)N[C@@H](CC(N)=O)C(=O)N1C[C@H](O)C[C@H]1C(=O)N[C@@H]([C@@H](C)[C@@H](O)CO)C(=O)N2. The van der Waals surface area contributed by atoms with Gasteiger partial charge in [0.1, 0.15) is 42.0 Å². The van der Waals surface area contributed by atoms with Gasteiger partial charge in [-0.2, -0.15) is 0 Å². The third-order valence-corrected chi connectivity index (χ3v) is 15.0. The third kappa shape index (κ3) is 14.8. The zero-order valence-electron chi connectivity index (χ0n) is 42.4. The summed E-state index contributed by atoms with van der Waals surface area (Å²) >= 11 is 0.979. The summed E-state index contributed by atoms with van der Waals surface area (Å²) in [4.78, 5) is 155. The zero-order chi connectivity index (χ0) is 55.4. The number of aromatic amines is 1. The number of carbonyl (C=O) groups excluding carboxylic acids is 11. The van der Waals surface area contributed by atoms with Gasteiger partial charge in [0.05, 0.1) is 55.5 Å². The van der Waals surface area contributed by atoms with Crippen LogP contribution in [0.4, 0.5) is 0 Å². The van der Waals surface area contributed by atoms with Crippen molar-refractivity contribution in [3.63, 3.8) is 0 Å². The first-order valence-corrected chi connectivity index (χ1v) is 26.2. The number of fused-ring (bicyclic) bond motifs is 5. The molecule has 2 aromatic rings. The highest BCUT2D eigenvalue weighted by atomic mass is 32.2. The van der Waals surface area contributed by atoms with Crippen molar-refractivity contribution in [2.75, 3.05) is 45.1 Å². The topological polar surface area (TPSA) is 390 Å². The van der Waals surface area contributed by atoms with Crippen molar-refractivity contribution in [2.24, 2.45) is 17.6 Å². The molecule has 1 aromatic heterocycles. The van der Waals surface area contributed by atoms with Gasteiger partial charge in [0.25, 0.3) is 11.8 Å². The number of ether oxygens (including phenoxy) is 1. The highest BCUT2D eigenvalue weighted by Crippen LogP contribution is 2.34. The van der Waals surface area contributed by atoms with Crippen molar-refractivity contribution >= 4 is 87.6 Å². The number of hydrogen-bond donors (Lipinski definition) is 12. The van der Waals surface area contributed by atoms with Crippen LogP contribution in [0.25, 0.3) is 10.9 Å². The molecule has 1 aromatic carbocycles. The molecule has 26 nitrogen and oxygen atoms in total. The smallest absolute Gasteiger partial charge is 0.253 e. The van der Waals surface area contributed by atoms with Crippen molar-refractivity contribution in [1.82, 2.24) is 52.0 Å². The van der Waals surface area contributed by atoms with Crippen LogP contribution in [0.15, 0.2) is 35.4 Å². The van der Waals surface area contributed by atoms with Gasteiger partial charge in [-0.05, 0) is 36.5 Å². The van der Waals surface area contributed by atoms with E-state index in [1.807, 2.05) is 0 Å². The van der Waals surface area contributed by atoms with Crippen LogP contribution in [-0.4, -0.2) is 189 Å². The molecule has 27 heteroatoms. The number of imide groups is 1. The molecule has 10 atom stereocenters. The van der Waals surface area contributed by atoms with E-state index in [-0.39, 0.29) is 30.4 Å². The van der Waals surface area contributed by atoms with Gasteiger partial charge in [0.15, 0.2) is 0 Å². The van der Waals surface area contributed by atoms with Gasteiger partial charge in [-0.1, -0.05) is 40.0 Å². The van der Waals surface area contributed by atoms with E-state index in [1.54, 1.807) is 32.0 Å². The Labute approximate surface area is 441 Å². The molecule has 4 aliphatic heterocycles. The Bertz CT molecular complexity index is 2580. The van der Waals surface area contributed by atoms with Gasteiger partial charge >= 0.3 is 0 Å². The number of rotatable bonds is 15. The van der Waals surface area contributed by atoms with Gasteiger partial charge in [-0.15, -0.1) is 11.8 Å². The highest BCUT2D eigenvalue weighted by molar-refractivity contribution is 7.99. The summed E-state index contributed by atoms with van der Waals surface area (Å²) < 4.78 is 6.09. The number of thioether (sulfide) groups is 1. The Morgan fingerprint density at radius 2 is 1.50 bits per heavy atom. The molecule has 6 rings (SSSR count). The molecular formula is C49H67N11O15S. The number of amides is 11. The molecule has 0 spiro atoms. The maximum Gasteiger partial charge on any atom is 0.253 e. The standard InChI is InChI=1S/C49H67N11O15S/c1-4-24(2)41-46(72)52-19-37(65)53-33-23-76-48-29(28-10-9-27(16-30(28)56-48)75-14-8-6-5-7-13-59-39(67)11-12-40(59)68)17-31(43(69)51-20-38(66)57-41)54-47(73)42(25(3)35(63)22-61)58-45(71)34-15-26(62)21-60(34)49(74)32(18-36(50)64)55-44(33)70/h9-12,16,24-26,31-35,41-42,56,61-63H,4-8,13-15,17-23H2,1-3H3,(H2,50,64)(H,51,69)(H,52,72)(H,53,65)(H,54,73)(H,55,70)(H,57,66)(H,58,71)/t24-,25-,26+,31-,32-,33-,34-,35-,41-,42-/m0/s1. The van der Waals surface area contributed by atoms with Crippen LogP contribution in [0, 0.1) is 11.8 Å². The van der Waals surface area contributed by atoms with Crippen molar-refractivity contribution in [2.45, 2.75) is 126 Å². The number of primary amides is 1. The summed E-state index contributed by atoms with van der Waals surface area (Å²) in [6.45, 7) is 2.64. The van der Waals surface area contributed by atoms with Gasteiger partial charge < -0.3 is 72.9 Å². The van der Waals surface area contributed by atoms with Crippen LogP contribution in [0.3, 0.4) is 0 Å². The minimum absolute atomic E-state index is 0.292. The molecule has 414 valence electrons. The Hall–Kier alpha value is -7.10. The van der Waals surface area contributed by atoms with Crippen molar-refractivity contribution in [3.8, 4) is 5.75 Å². The largest absolute Gasteiger partial charge is 0.494 e. The van der Waals surface area contributed by atoms with E-state index in [9.17, 15) is 68.1 Å². The summed E-state index contributed by atoms with van der Waals surface area (Å²) in [5.74, 6) is -10.9. The number of benzene rings is 1. The summed E-state index contributed by atoms with van der Waals surface area (Å²) in [6, 6.07) is -4.34. The Balaban J connectivity index is 1.42.